The number of imide groups is 1. The molecule has 9 heteroatoms. The first-order chi connectivity index (χ1) is 13.5. The number of benzene rings is 1. The summed E-state index contributed by atoms with van der Waals surface area (Å²) in [5.41, 5.74) is -0.586. The molecule has 1 heterocycles. The smallest absolute Gasteiger partial charge is 0.327 e. The maximum absolute atomic E-state index is 12.6. The van der Waals surface area contributed by atoms with Gasteiger partial charge in [-0.05, 0) is 50.8 Å². The minimum absolute atomic E-state index is 0.370. The standard InChI is InChI=1S/C20H26ClN3O5/c1-12(2)8-9-20(4)18(27)24(19(28)23-20)11-16(25)29-13(3)17(26)22-15-7-5-6-14(21)10-15/h5-7,10,12-13H,8-9,11H2,1-4H3,(H,22,26)(H,23,28)/t13-,20+/m1/s1. The quantitative estimate of drug-likeness (QED) is 0.494. The third kappa shape index (κ3) is 5.93. The van der Waals surface area contributed by atoms with Crippen molar-refractivity contribution in [3.63, 3.8) is 0 Å². The molecular weight excluding hydrogens is 398 g/mol. The highest BCUT2D eigenvalue weighted by Gasteiger charge is 2.48. The van der Waals surface area contributed by atoms with Crippen LogP contribution in [0.4, 0.5) is 10.5 Å². The lowest BCUT2D eigenvalue weighted by atomic mass is 9.92. The molecule has 158 valence electrons. The van der Waals surface area contributed by atoms with Gasteiger partial charge in [-0.1, -0.05) is 31.5 Å². The third-order valence-corrected chi connectivity index (χ3v) is 4.86. The van der Waals surface area contributed by atoms with Gasteiger partial charge < -0.3 is 15.4 Å². The summed E-state index contributed by atoms with van der Waals surface area (Å²) in [4.78, 5) is 50.0. The monoisotopic (exact) mass is 423 g/mol. The van der Waals surface area contributed by atoms with E-state index in [2.05, 4.69) is 10.6 Å². The number of esters is 1. The lowest BCUT2D eigenvalue weighted by Gasteiger charge is -2.22. The van der Waals surface area contributed by atoms with Crippen LogP contribution in [-0.4, -0.2) is 46.9 Å². The summed E-state index contributed by atoms with van der Waals surface area (Å²) in [7, 11) is 0. The summed E-state index contributed by atoms with van der Waals surface area (Å²) in [6.07, 6.45) is 0.107. The molecule has 2 atom stereocenters. The first-order valence-electron chi connectivity index (χ1n) is 9.42. The zero-order chi connectivity index (χ0) is 21.8. The summed E-state index contributed by atoms with van der Waals surface area (Å²) in [5.74, 6) is -1.51. The van der Waals surface area contributed by atoms with Crippen molar-refractivity contribution < 1.29 is 23.9 Å². The Labute approximate surface area is 174 Å². The number of amides is 4. The van der Waals surface area contributed by atoms with Crippen LogP contribution in [0.5, 0.6) is 0 Å². The Bertz CT molecular complexity index is 813. The Balaban J connectivity index is 1.91. The molecule has 0 aliphatic carbocycles. The predicted octanol–water partition coefficient (Wildman–Crippen LogP) is 2.96. The highest BCUT2D eigenvalue weighted by atomic mass is 35.5. The molecular formula is C20H26ClN3O5. The number of hydrogen-bond acceptors (Lipinski definition) is 5. The van der Waals surface area contributed by atoms with Crippen LogP contribution in [0.2, 0.25) is 5.02 Å². The maximum Gasteiger partial charge on any atom is 0.327 e. The number of carbonyl (C=O) groups excluding carboxylic acids is 4. The molecule has 0 unspecified atom stereocenters. The van der Waals surface area contributed by atoms with Gasteiger partial charge in [0, 0.05) is 10.7 Å². The summed E-state index contributed by atoms with van der Waals surface area (Å²) < 4.78 is 5.08. The van der Waals surface area contributed by atoms with Gasteiger partial charge in [0.1, 0.15) is 12.1 Å². The van der Waals surface area contributed by atoms with Crippen LogP contribution in [0.15, 0.2) is 24.3 Å². The average molecular weight is 424 g/mol. The number of ether oxygens (including phenoxy) is 1. The number of halogens is 1. The van der Waals surface area contributed by atoms with Crippen molar-refractivity contribution in [2.45, 2.75) is 52.2 Å². The van der Waals surface area contributed by atoms with Gasteiger partial charge in [0.05, 0.1) is 0 Å². The Kier molecular flexibility index (Phi) is 7.24. The van der Waals surface area contributed by atoms with Crippen molar-refractivity contribution in [1.29, 1.82) is 0 Å². The van der Waals surface area contributed by atoms with Crippen LogP contribution in [0.25, 0.3) is 0 Å². The zero-order valence-electron chi connectivity index (χ0n) is 17.0. The van der Waals surface area contributed by atoms with Gasteiger partial charge in [0.25, 0.3) is 11.8 Å². The molecule has 0 saturated carbocycles. The highest BCUT2D eigenvalue weighted by molar-refractivity contribution is 6.30. The van der Waals surface area contributed by atoms with Gasteiger partial charge in [-0.25, -0.2) is 4.79 Å². The SMILES string of the molecule is CC(C)CC[C@]1(C)NC(=O)N(CC(=O)O[C@H](C)C(=O)Nc2cccc(Cl)c2)C1=O. The minimum atomic E-state index is -1.12. The molecule has 0 radical (unpaired) electrons. The Hall–Kier alpha value is -2.61. The van der Waals surface area contributed by atoms with Crippen molar-refractivity contribution in [3.05, 3.63) is 29.3 Å². The third-order valence-electron chi connectivity index (χ3n) is 4.62. The van der Waals surface area contributed by atoms with Crippen LogP contribution in [0.1, 0.15) is 40.5 Å². The lowest BCUT2D eigenvalue weighted by Crippen LogP contribution is -2.44. The zero-order valence-corrected chi connectivity index (χ0v) is 17.7. The van der Waals surface area contributed by atoms with E-state index in [9.17, 15) is 19.2 Å². The number of anilines is 1. The second-order valence-corrected chi connectivity index (χ2v) is 8.15. The number of nitrogens with one attached hydrogen (secondary N) is 2. The molecule has 1 aromatic carbocycles. The maximum atomic E-state index is 12.6. The first-order valence-corrected chi connectivity index (χ1v) is 9.79. The minimum Gasteiger partial charge on any atom is -0.451 e. The number of nitrogens with zero attached hydrogens (tertiary/aromatic N) is 1. The van der Waals surface area contributed by atoms with Gasteiger partial charge in [-0.3, -0.25) is 19.3 Å². The number of rotatable bonds is 8. The van der Waals surface area contributed by atoms with Crippen LogP contribution in [0, 0.1) is 5.92 Å². The van der Waals surface area contributed by atoms with Crippen molar-refractivity contribution in [2.75, 3.05) is 11.9 Å². The summed E-state index contributed by atoms with van der Waals surface area (Å²) in [6, 6.07) is 5.88. The average Bonchev–Trinajstić information content (AvgIpc) is 2.83. The molecule has 0 bridgehead atoms. The molecule has 8 nitrogen and oxygen atoms in total. The van der Waals surface area contributed by atoms with Gasteiger partial charge in [0.15, 0.2) is 6.10 Å². The van der Waals surface area contributed by atoms with Gasteiger partial charge in [-0.2, -0.15) is 0 Å². The fourth-order valence-electron chi connectivity index (χ4n) is 2.86. The molecule has 2 N–H and O–H groups in total. The fraction of sp³-hybridized carbons (Fsp3) is 0.500. The second kappa shape index (κ2) is 9.26. The Morgan fingerprint density at radius 3 is 2.59 bits per heavy atom. The molecule has 0 aromatic heterocycles. The van der Waals surface area contributed by atoms with Gasteiger partial charge in [0.2, 0.25) is 0 Å². The van der Waals surface area contributed by atoms with Crippen LogP contribution < -0.4 is 10.6 Å². The van der Waals surface area contributed by atoms with E-state index in [-0.39, 0.29) is 0 Å². The number of carbonyl (C=O) groups is 4. The van der Waals surface area contributed by atoms with E-state index in [1.54, 1.807) is 31.2 Å². The summed E-state index contributed by atoms with van der Waals surface area (Å²) in [5, 5.41) is 5.67. The Morgan fingerprint density at radius 2 is 1.97 bits per heavy atom. The van der Waals surface area contributed by atoms with E-state index < -0.39 is 42.0 Å². The molecule has 1 fully saturated rings. The van der Waals surface area contributed by atoms with Crippen LogP contribution >= 0.6 is 11.6 Å². The topological polar surface area (TPSA) is 105 Å². The Morgan fingerprint density at radius 1 is 1.28 bits per heavy atom. The van der Waals surface area contributed by atoms with Crippen molar-refractivity contribution in [3.8, 4) is 0 Å². The van der Waals surface area contributed by atoms with Gasteiger partial charge >= 0.3 is 12.0 Å². The van der Waals surface area contributed by atoms with E-state index in [0.29, 0.717) is 23.0 Å². The van der Waals surface area contributed by atoms with Crippen molar-refractivity contribution in [2.24, 2.45) is 5.92 Å². The largest absolute Gasteiger partial charge is 0.451 e. The first kappa shape index (κ1) is 22.7. The molecule has 1 aromatic rings. The van der Waals surface area contributed by atoms with E-state index in [4.69, 9.17) is 16.3 Å². The fourth-order valence-corrected chi connectivity index (χ4v) is 3.05. The van der Waals surface area contributed by atoms with Crippen LogP contribution in [0.3, 0.4) is 0 Å². The van der Waals surface area contributed by atoms with E-state index >= 15 is 0 Å². The summed E-state index contributed by atoms with van der Waals surface area (Å²) >= 11 is 5.87. The summed E-state index contributed by atoms with van der Waals surface area (Å²) in [6.45, 7) is 6.53. The molecule has 1 saturated heterocycles. The number of urea groups is 1. The molecule has 2 rings (SSSR count). The number of hydrogen-bond donors (Lipinski definition) is 2. The predicted molar refractivity (Wildman–Crippen MR) is 108 cm³/mol. The van der Waals surface area contributed by atoms with E-state index in [1.165, 1.54) is 6.92 Å². The van der Waals surface area contributed by atoms with Crippen molar-refractivity contribution >= 4 is 41.1 Å². The second-order valence-electron chi connectivity index (χ2n) is 7.72. The van der Waals surface area contributed by atoms with Crippen LogP contribution in [-0.2, 0) is 19.1 Å². The lowest BCUT2D eigenvalue weighted by molar-refractivity contribution is -0.155. The normalized spacial score (nSPS) is 19.9. The molecule has 0 spiro atoms. The molecule has 4 amide bonds. The van der Waals surface area contributed by atoms with E-state index in [1.807, 2.05) is 13.8 Å². The van der Waals surface area contributed by atoms with E-state index in [0.717, 1.165) is 11.3 Å². The molecule has 1 aliphatic rings. The van der Waals surface area contributed by atoms with Gasteiger partial charge in [-0.15, -0.1) is 0 Å². The van der Waals surface area contributed by atoms with Crippen molar-refractivity contribution in [1.82, 2.24) is 10.2 Å². The highest BCUT2D eigenvalue weighted by Crippen LogP contribution is 2.24. The molecule has 1 aliphatic heterocycles. The molecule has 29 heavy (non-hydrogen) atoms.